The molecule has 1 heterocycles. The fourth-order valence-corrected chi connectivity index (χ4v) is 3.41. The molecule has 2 rings (SSSR count). The first-order chi connectivity index (χ1) is 8.67. The van der Waals surface area contributed by atoms with Crippen molar-refractivity contribution in [2.45, 2.75) is 31.2 Å². The number of alkyl halides is 1. The number of methoxy groups -OCH3 is 1. The van der Waals surface area contributed by atoms with Crippen LogP contribution in [0.4, 0.5) is 0 Å². The molecule has 0 saturated carbocycles. The monoisotopic (exact) mass is 332 g/mol. The molecule has 4 heteroatoms. The predicted octanol–water partition coefficient (Wildman–Crippen LogP) is 4.55. The largest absolute Gasteiger partial charge is 0.496 e. The maximum atomic E-state index is 6.66. The normalized spacial score (nSPS) is 25.1. The van der Waals surface area contributed by atoms with Crippen LogP contribution in [0.3, 0.4) is 0 Å². The lowest BCUT2D eigenvalue weighted by molar-refractivity contribution is 0.0863. The average Bonchev–Trinajstić information content (AvgIpc) is 2.86. The third kappa shape index (κ3) is 2.84. The SMILES string of the molecule is CCC1OCCC1C(Cl)c1cc(Br)ccc1OC. The second kappa shape index (κ2) is 6.27. The minimum atomic E-state index is -0.0649. The molecule has 0 spiro atoms. The molecule has 0 aliphatic carbocycles. The smallest absolute Gasteiger partial charge is 0.123 e. The van der Waals surface area contributed by atoms with E-state index in [0.29, 0.717) is 5.92 Å². The van der Waals surface area contributed by atoms with Gasteiger partial charge in [0.1, 0.15) is 5.75 Å². The third-order valence-electron chi connectivity index (χ3n) is 3.53. The quantitative estimate of drug-likeness (QED) is 0.752. The van der Waals surface area contributed by atoms with Crippen molar-refractivity contribution < 1.29 is 9.47 Å². The highest BCUT2D eigenvalue weighted by Gasteiger charge is 2.34. The molecule has 18 heavy (non-hydrogen) atoms. The molecule has 0 aromatic heterocycles. The zero-order chi connectivity index (χ0) is 13.1. The molecule has 1 fully saturated rings. The number of hydrogen-bond acceptors (Lipinski definition) is 2. The summed E-state index contributed by atoms with van der Waals surface area (Å²) < 4.78 is 12.2. The summed E-state index contributed by atoms with van der Waals surface area (Å²) in [7, 11) is 1.68. The van der Waals surface area contributed by atoms with Gasteiger partial charge in [0.2, 0.25) is 0 Å². The highest BCUT2D eigenvalue weighted by molar-refractivity contribution is 9.10. The van der Waals surface area contributed by atoms with Crippen molar-refractivity contribution in [3.8, 4) is 5.75 Å². The molecule has 0 N–H and O–H groups in total. The number of halogens is 2. The molecule has 1 aromatic carbocycles. The highest BCUT2D eigenvalue weighted by atomic mass is 79.9. The Labute approximate surface area is 122 Å². The van der Waals surface area contributed by atoms with Gasteiger partial charge in [-0.25, -0.2) is 0 Å². The second-order valence-corrected chi connectivity index (χ2v) is 5.94. The molecule has 1 aliphatic rings. The van der Waals surface area contributed by atoms with Crippen molar-refractivity contribution in [2.75, 3.05) is 13.7 Å². The lowest BCUT2D eigenvalue weighted by Gasteiger charge is -2.24. The van der Waals surface area contributed by atoms with Crippen LogP contribution in [0.5, 0.6) is 5.75 Å². The van der Waals surface area contributed by atoms with Gasteiger partial charge in [-0.15, -0.1) is 11.6 Å². The molecule has 1 aliphatic heterocycles. The van der Waals surface area contributed by atoms with Crippen LogP contribution in [-0.4, -0.2) is 19.8 Å². The highest BCUT2D eigenvalue weighted by Crippen LogP contribution is 2.43. The standard InChI is InChI=1S/C14H18BrClO2/c1-3-12-10(6-7-18-12)14(16)11-8-9(15)4-5-13(11)17-2/h4-5,8,10,12,14H,3,6-7H2,1-2H3. The van der Waals surface area contributed by atoms with Crippen molar-refractivity contribution in [3.05, 3.63) is 28.2 Å². The third-order valence-corrected chi connectivity index (χ3v) is 4.58. The Morgan fingerprint density at radius 2 is 2.33 bits per heavy atom. The molecular formula is C14H18BrClO2. The minimum absolute atomic E-state index is 0.0649. The number of benzene rings is 1. The molecule has 3 atom stereocenters. The van der Waals surface area contributed by atoms with E-state index in [1.165, 1.54) is 0 Å². The fourth-order valence-electron chi connectivity index (χ4n) is 2.57. The van der Waals surface area contributed by atoms with E-state index in [9.17, 15) is 0 Å². The fraction of sp³-hybridized carbons (Fsp3) is 0.571. The van der Waals surface area contributed by atoms with E-state index in [2.05, 4.69) is 22.9 Å². The first-order valence-electron chi connectivity index (χ1n) is 6.26. The molecule has 0 amide bonds. The van der Waals surface area contributed by atoms with E-state index in [-0.39, 0.29) is 11.5 Å². The molecule has 1 saturated heterocycles. The van der Waals surface area contributed by atoms with Crippen LogP contribution in [0.1, 0.15) is 30.7 Å². The van der Waals surface area contributed by atoms with Crippen LogP contribution < -0.4 is 4.74 Å². The van der Waals surface area contributed by atoms with Gasteiger partial charge in [-0.05, 0) is 31.0 Å². The van der Waals surface area contributed by atoms with E-state index >= 15 is 0 Å². The average molecular weight is 334 g/mol. The minimum Gasteiger partial charge on any atom is -0.496 e. The molecule has 0 radical (unpaired) electrons. The Morgan fingerprint density at radius 1 is 1.56 bits per heavy atom. The maximum Gasteiger partial charge on any atom is 0.123 e. The van der Waals surface area contributed by atoms with Crippen molar-refractivity contribution in [1.29, 1.82) is 0 Å². The van der Waals surface area contributed by atoms with Gasteiger partial charge in [0.15, 0.2) is 0 Å². The summed E-state index contributed by atoms with van der Waals surface area (Å²) in [4.78, 5) is 0. The first kappa shape index (κ1) is 14.2. The second-order valence-electron chi connectivity index (χ2n) is 4.56. The van der Waals surface area contributed by atoms with Crippen molar-refractivity contribution >= 4 is 27.5 Å². The molecule has 100 valence electrons. The summed E-state index contributed by atoms with van der Waals surface area (Å²) in [6.07, 6.45) is 2.28. The zero-order valence-electron chi connectivity index (χ0n) is 10.7. The summed E-state index contributed by atoms with van der Waals surface area (Å²) in [5, 5.41) is -0.0649. The van der Waals surface area contributed by atoms with Crippen LogP contribution >= 0.6 is 27.5 Å². The molecule has 0 bridgehead atoms. The Morgan fingerprint density at radius 3 is 3.00 bits per heavy atom. The molecule has 3 unspecified atom stereocenters. The summed E-state index contributed by atoms with van der Waals surface area (Å²) in [5.41, 5.74) is 1.04. The first-order valence-corrected chi connectivity index (χ1v) is 7.49. The number of hydrogen-bond donors (Lipinski definition) is 0. The van der Waals surface area contributed by atoms with E-state index in [1.807, 2.05) is 18.2 Å². The Hall–Kier alpha value is -0.250. The Bertz CT molecular complexity index is 411. The summed E-state index contributed by atoms with van der Waals surface area (Å²) >= 11 is 10.2. The Kier molecular flexibility index (Phi) is 4.93. The Balaban J connectivity index is 2.27. The van der Waals surface area contributed by atoms with Crippen LogP contribution in [0, 0.1) is 5.92 Å². The van der Waals surface area contributed by atoms with Gasteiger partial charge < -0.3 is 9.47 Å². The van der Waals surface area contributed by atoms with Gasteiger partial charge >= 0.3 is 0 Å². The van der Waals surface area contributed by atoms with E-state index in [1.54, 1.807) is 7.11 Å². The summed E-state index contributed by atoms with van der Waals surface area (Å²) in [5.74, 6) is 1.21. The summed E-state index contributed by atoms with van der Waals surface area (Å²) in [6, 6.07) is 5.96. The van der Waals surface area contributed by atoms with Crippen molar-refractivity contribution in [2.24, 2.45) is 5.92 Å². The van der Waals surface area contributed by atoms with Gasteiger partial charge in [-0.3, -0.25) is 0 Å². The van der Waals surface area contributed by atoms with E-state index in [4.69, 9.17) is 21.1 Å². The number of rotatable bonds is 4. The van der Waals surface area contributed by atoms with Gasteiger partial charge in [-0.1, -0.05) is 22.9 Å². The van der Waals surface area contributed by atoms with Gasteiger partial charge in [0, 0.05) is 22.6 Å². The maximum absolute atomic E-state index is 6.66. The molecule has 2 nitrogen and oxygen atoms in total. The number of ether oxygens (including phenoxy) is 2. The van der Waals surface area contributed by atoms with Crippen LogP contribution in [-0.2, 0) is 4.74 Å². The summed E-state index contributed by atoms with van der Waals surface area (Å²) in [6.45, 7) is 2.95. The topological polar surface area (TPSA) is 18.5 Å². The van der Waals surface area contributed by atoms with Gasteiger partial charge in [0.25, 0.3) is 0 Å². The van der Waals surface area contributed by atoms with Gasteiger partial charge in [-0.2, -0.15) is 0 Å². The molecule has 1 aromatic rings. The van der Waals surface area contributed by atoms with E-state index in [0.717, 1.165) is 35.2 Å². The van der Waals surface area contributed by atoms with Crippen molar-refractivity contribution in [1.82, 2.24) is 0 Å². The predicted molar refractivity (Wildman–Crippen MR) is 77.4 cm³/mol. The molecular weight excluding hydrogens is 316 g/mol. The van der Waals surface area contributed by atoms with Crippen LogP contribution in [0.2, 0.25) is 0 Å². The van der Waals surface area contributed by atoms with Crippen LogP contribution in [0.25, 0.3) is 0 Å². The lowest BCUT2D eigenvalue weighted by Crippen LogP contribution is -2.19. The van der Waals surface area contributed by atoms with Crippen molar-refractivity contribution in [3.63, 3.8) is 0 Å². The van der Waals surface area contributed by atoms with E-state index < -0.39 is 0 Å². The lowest BCUT2D eigenvalue weighted by atomic mass is 9.91. The van der Waals surface area contributed by atoms with Crippen LogP contribution in [0.15, 0.2) is 22.7 Å². The zero-order valence-corrected chi connectivity index (χ0v) is 13.0. The van der Waals surface area contributed by atoms with Gasteiger partial charge in [0.05, 0.1) is 18.6 Å².